The van der Waals surface area contributed by atoms with E-state index in [2.05, 4.69) is 23.5 Å². The lowest BCUT2D eigenvalue weighted by molar-refractivity contribution is -0.126. The molecule has 0 saturated heterocycles. The molecule has 0 aromatic heterocycles. The zero-order valence-corrected chi connectivity index (χ0v) is 34.1. The van der Waals surface area contributed by atoms with Crippen LogP contribution in [0.15, 0.2) is 127 Å². The number of halogens is 2. The summed E-state index contributed by atoms with van der Waals surface area (Å²) in [4.78, 5) is 30.0. The maximum atomic E-state index is 14.2. The molecule has 1 unspecified atom stereocenters. The second-order valence-corrected chi connectivity index (χ2v) is 15.9. The summed E-state index contributed by atoms with van der Waals surface area (Å²) in [5.74, 6) is 1.48. The van der Waals surface area contributed by atoms with Crippen LogP contribution >= 0.6 is 23.2 Å². The maximum Gasteiger partial charge on any atom is 0.254 e. The summed E-state index contributed by atoms with van der Waals surface area (Å²) < 4.78 is 18.8. The van der Waals surface area contributed by atoms with Crippen LogP contribution in [0.25, 0.3) is 11.1 Å². The van der Waals surface area contributed by atoms with Gasteiger partial charge in [-0.2, -0.15) is 5.26 Å². The van der Waals surface area contributed by atoms with Crippen LogP contribution in [0.5, 0.6) is 17.2 Å². The molecule has 2 aliphatic rings. The predicted octanol–water partition coefficient (Wildman–Crippen LogP) is 10.2. The Bertz CT molecular complexity index is 2550. The molecule has 8 nitrogen and oxygen atoms in total. The van der Waals surface area contributed by atoms with Gasteiger partial charge in [0.25, 0.3) is 5.91 Å². The molecule has 3 atom stereocenters. The molecule has 59 heavy (non-hydrogen) atoms. The van der Waals surface area contributed by atoms with Crippen LogP contribution in [0, 0.1) is 18.3 Å². The molecule has 0 fully saturated rings. The highest BCUT2D eigenvalue weighted by atomic mass is 35.5. The quantitative estimate of drug-likeness (QED) is 0.148. The van der Waals surface area contributed by atoms with Gasteiger partial charge in [-0.05, 0) is 120 Å². The third-order valence-corrected chi connectivity index (χ3v) is 11.5. The summed E-state index contributed by atoms with van der Waals surface area (Å²) >= 11 is 12.2. The number of nitrogens with zero attached hydrogens (tertiary/aromatic N) is 2. The molecule has 6 aromatic rings. The fraction of sp³-hybridized carbons (Fsp3) is 0.204. The van der Waals surface area contributed by atoms with Gasteiger partial charge in [0.05, 0.1) is 21.7 Å². The van der Waals surface area contributed by atoms with Gasteiger partial charge in [0, 0.05) is 24.6 Å². The summed E-state index contributed by atoms with van der Waals surface area (Å²) in [6.45, 7) is 4.82. The molecule has 0 saturated carbocycles. The minimum atomic E-state index is -0.732. The second kappa shape index (κ2) is 17.3. The van der Waals surface area contributed by atoms with E-state index in [9.17, 15) is 9.59 Å². The van der Waals surface area contributed by atoms with Gasteiger partial charge < -0.3 is 24.4 Å². The van der Waals surface area contributed by atoms with Crippen LogP contribution in [-0.4, -0.2) is 35.4 Å². The lowest BCUT2D eigenvalue weighted by Gasteiger charge is -2.38. The Morgan fingerprint density at radius 3 is 2.27 bits per heavy atom. The second-order valence-electron chi connectivity index (χ2n) is 15.1. The van der Waals surface area contributed by atoms with E-state index in [0.717, 1.165) is 44.5 Å². The van der Waals surface area contributed by atoms with E-state index < -0.39 is 6.04 Å². The molecular formula is C49H41Cl2N3O5. The van der Waals surface area contributed by atoms with E-state index in [0.29, 0.717) is 64.5 Å². The minimum Gasteiger partial charge on any atom is -0.489 e. The Kier molecular flexibility index (Phi) is 11.6. The summed E-state index contributed by atoms with van der Waals surface area (Å²) in [5.41, 5.74) is 8.94. The van der Waals surface area contributed by atoms with Gasteiger partial charge in [0.15, 0.2) is 17.6 Å². The number of hydrogen-bond acceptors (Lipinski definition) is 6. The number of ether oxygens (including phenoxy) is 3. The number of benzene rings is 6. The Balaban J connectivity index is 0.959. The van der Waals surface area contributed by atoms with E-state index in [1.807, 2.05) is 111 Å². The van der Waals surface area contributed by atoms with Crippen molar-refractivity contribution in [2.24, 2.45) is 0 Å². The number of carbonyl (C=O) groups excluding carboxylic acids is 2. The van der Waals surface area contributed by atoms with Crippen LogP contribution < -0.4 is 19.5 Å². The van der Waals surface area contributed by atoms with Crippen molar-refractivity contribution in [1.29, 1.82) is 5.26 Å². The molecule has 2 amide bonds. The summed E-state index contributed by atoms with van der Waals surface area (Å²) in [6.07, 6.45) is 0.586. The third-order valence-electron chi connectivity index (χ3n) is 10.8. The van der Waals surface area contributed by atoms with Crippen molar-refractivity contribution < 1.29 is 23.8 Å². The molecule has 0 radical (unpaired) electrons. The van der Waals surface area contributed by atoms with Crippen LogP contribution in [0.1, 0.15) is 62.3 Å². The molecule has 10 heteroatoms. The van der Waals surface area contributed by atoms with Gasteiger partial charge in [0.1, 0.15) is 25.0 Å². The van der Waals surface area contributed by atoms with Crippen LogP contribution in [0.4, 0.5) is 0 Å². The zero-order valence-electron chi connectivity index (χ0n) is 32.6. The van der Waals surface area contributed by atoms with Crippen molar-refractivity contribution >= 4 is 35.0 Å². The minimum absolute atomic E-state index is 0.194. The van der Waals surface area contributed by atoms with Gasteiger partial charge in [-0.15, -0.1) is 0 Å². The van der Waals surface area contributed by atoms with E-state index in [1.165, 1.54) is 0 Å². The molecule has 2 aliphatic heterocycles. The first-order chi connectivity index (χ1) is 28.6. The number of rotatable bonds is 10. The SMILES string of the molecule is Cc1cccc(C(=O)N2Cc3cc4c(cc3C[C@H]2C(=O)N[C@H](C)Cc2ccc(-c3ccc(C#N)cc3)cc2)OCC(c2ccc(OCc3ccc(Cl)c(Cl)c3)cc2)O4)c1. The van der Waals surface area contributed by atoms with Crippen molar-refractivity contribution in [3.8, 4) is 34.4 Å². The third kappa shape index (κ3) is 9.08. The number of fused-ring (bicyclic) bond motifs is 2. The first-order valence-electron chi connectivity index (χ1n) is 19.5. The molecule has 6 aromatic carbocycles. The summed E-state index contributed by atoms with van der Waals surface area (Å²) in [6, 6.07) is 41.4. The topological polar surface area (TPSA) is 101 Å². The van der Waals surface area contributed by atoms with Gasteiger partial charge in [-0.3, -0.25) is 9.59 Å². The smallest absolute Gasteiger partial charge is 0.254 e. The molecule has 0 spiro atoms. The van der Waals surface area contributed by atoms with Crippen molar-refractivity contribution in [1.82, 2.24) is 10.2 Å². The Labute approximate surface area is 353 Å². The number of nitriles is 1. The molecule has 8 rings (SSSR count). The number of hydrogen-bond donors (Lipinski definition) is 1. The highest BCUT2D eigenvalue weighted by molar-refractivity contribution is 6.42. The van der Waals surface area contributed by atoms with E-state index in [4.69, 9.17) is 42.7 Å². The largest absolute Gasteiger partial charge is 0.489 e. The number of aryl methyl sites for hydroxylation is 1. The molecule has 0 aliphatic carbocycles. The number of carbonyl (C=O) groups is 2. The van der Waals surface area contributed by atoms with E-state index in [-0.39, 0.29) is 30.5 Å². The highest BCUT2D eigenvalue weighted by Gasteiger charge is 2.37. The standard InChI is InChI=1S/C49H41Cl2N3O5/c1-30-4-3-5-38(20-30)49(56)54-27-40-25-46-45(58-29-47(59-46)37-15-17-41(18-16-37)57-28-34-10-19-42(50)43(51)22-34)24-39(40)23-44(54)48(55)53-31(2)21-32-6-11-35(12-7-32)36-13-8-33(26-52)9-14-36/h3-20,22,24-25,31,44,47H,21,23,27-29H2,1-2H3,(H,53,55)/t31-,44+,47?/m1/s1. The highest BCUT2D eigenvalue weighted by Crippen LogP contribution is 2.41. The van der Waals surface area contributed by atoms with Crippen LogP contribution in [0.3, 0.4) is 0 Å². The Morgan fingerprint density at radius 1 is 0.847 bits per heavy atom. The van der Waals surface area contributed by atoms with Crippen molar-refractivity contribution in [3.05, 3.63) is 182 Å². The van der Waals surface area contributed by atoms with E-state index >= 15 is 0 Å². The van der Waals surface area contributed by atoms with Gasteiger partial charge in [-0.25, -0.2) is 0 Å². The lowest BCUT2D eigenvalue weighted by atomic mass is 9.91. The zero-order chi connectivity index (χ0) is 41.0. The Hall–Kier alpha value is -6.27. The van der Waals surface area contributed by atoms with Gasteiger partial charge in [0.2, 0.25) is 5.91 Å². The first-order valence-corrected chi connectivity index (χ1v) is 20.2. The van der Waals surface area contributed by atoms with Crippen LogP contribution in [-0.2, 0) is 30.8 Å². The summed E-state index contributed by atoms with van der Waals surface area (Å²) in [5, 5.41) is 13.3. The molecule has 0 bridgehead atoms. The van der Waals surface area contributed by atoms with Gasteiger partial charge in [-0.1, -0.05) is 95.5 Å². The molecule has 2 heterocycles. The Morgan fingerprint density at radius 2 is 1.56 bits per heavy atom. The molecular weight excluding hydrogens is 781 g/mol. The van der Waals surface area contributed by atoms with E-state index in [1.54, 1.807) is 23.1 Å². The van der Waals surface area contributed by atoms with Crippen molar-refractivity contribution in [3.63, 3.8) is 0 Å². The normalized spacial score (nSPS) is 16.0. The van der Waals surface area contributed by atoms with Crippen LogP contribution in [0.2, 0.25) is 10.0 Å². The molecule has 296 valence electrons. The molecule has 1 N–H and O–H groups in total. The predicted molar refractivity (Wildman–Crippen MR) is 229 cm³/mol. The van der Waals surface area contributed by atoms with Gasteiger partial charge >= 0.3 is 0 Å². The van der Waals surface area contributed by atoms with Crippen molar-refractivity contribution in [2.45, 2.75) is 58.0 Å². The summed E-state index contributed by atoms with van der Waals surface area (Å²) in [7, 11) is 0. The monoisotopic (exact) mass is 821 g/mol. The first kappa shape index (κ1) is 39.6. The van der Waals surface area contributed by atoms with Crippen molar-refractivity contribution in [2.75, 3.05) is 6.61 Å². The average Bonchev–Trinajstić information content (AvgIpc) is 3.25. The fourth-order valence-electron chi connectivity index (χ4n) is 7.60. The number of amides is 2. The lowest BCUT2D eigenvalue weighted by Crippen LogP contribution is -2.54. The number of nitrogens with one attached hydrogen (secondary N) is 1. The average molecular weight is 823 g/mol. The maximum absolute atomic E-state index is 14.2. The fourth-order valence-corrected chi connectivity index (χ4v) is 7.92.